The van der Waals surface area contributed by atoms with Crippen LogP contribution in [-0.2, 0) is 16.1 Å². The number of hydrogen-bond donors (Lipinski definition) is 0. The fourth-order valence-electron chi connectivity index (χ4n) is 4.17. The largest absolute Gasteiger partial charge is 0.376 e. The highest BCUT2D eigenvalue weighted by molar-refractivity contribution is 8.26. The summed E-state index contributed by atoms with van der Waals surface area (Å²) in [5, 5.41) is 1.36. The molecule has 1 amide bonds. The molecular formula is C24H20ClFN2O2S2. The van der Waals surface area contributed by atoms with Gasteiger partial charge >= 0.3 is 0 Å². The molecule has 2 saturated heterocycles. The first kappa shape index (κ1) is 21.6. The molecule has 0 N–H and O–H groups in total. The van der Waals surface area contributed by atoms with E-state index >= 15 is 0 Å². The second-order valence-corrected chi connectivity index (χ2v) is 9.94. The number of rotatable bonds is 5. The van der Waals surface area contributed by atoms with E-state index in [1.807, 2.05) is 41.1 Å². The van der Waals surface area contributed by atoms with Crippen molar-refractivity contribution in [2.75, 3.05) is 13.2 Å². The zero-order chi connectivity index (χ0) is 22.2. The summed E-state index contributed by atoms with van der Waals surface area (Å²) in [6.45, 7) is 1.52. The summed E-state index contributed by atoms with van der Waals surface area (Å²) >= 11 is 13.0. The van der Waals surface area contributed by atoms with Gasteiger partial charge in [0.2, 0.25) is 0 Å². The molecule has 3 heterocycles. The van der Waals surface area contributed by atoms with Crippen molar-refractivity contribution in [3.05, 3.63) is 75.5 Å². The van der Waals surface area contributed by atoms with Gasteiger partial charge in [-0.3, -0.25) is 9.69 Å². The third-order valence-electron chi connectivity index (χ3n) is 5.78. The Morgan fingerprint density at radius 2 is 2.09 bits per heavy atom. The first-order chi connectivity index (χ1) is 15.5. The lowest BCUT2D eigenvalue weighted by atomic mass is 10.1. The van der Waals surface area contributed by atoms with Crippen molar-refractivity contribution >= 4 is 62.8 Å². The lowest BCUT2D eigenvalue weighted by Crippen LogP contribution is -2.35. The van der Waals surface area contributed by atoms with Gasteiger partial charge in [-0.2, -0.15) is 0 Å². The van der Waals surface area contributed by atoms with Crippen LogP contribution in [0.4, 0.5) is 4.39 Å². The van der Waals surface area contributed by atoms with Gasteiger partial charge in [0.25, 0.3) is 5.91 Å². The zero-order valence-electron chi connectivity index (χ0n) is 17.1. The Kier molecular flexibility index (Phi) is 6.07. The van der Waals surface area contributed by atoms with Crippen LogP contribution in [0.3, 0.4) is 0 Å². The van der Waals surface area contributed by atoms with E-state index in [1.54, 1.807) is 17.0 Å². The summed E-state index contributed by atoms with van der Waals surface area (Å²) in [6.07, 6.45) is 5.81. The van der Waals surface area contributed by atoms with E-state index in [4.69, 9.17) is 28.6 Å². The molecule has 1 atom stereocenters. The maximum atomic E-state index is 14.4. The maximum absolute atomic E-state index is 14.4. The van der Waals surface area contributed by atoms with Crippen molar-refractivity contribution < 1.29 is 13.9 Å². The number of ether oxygens (including phenoxy) is 1. The van der Waals surface area contributed by atoms with Crippen LogP contribution in [0.5, 0.6) is 0 Å². The van der Waals surface area contributed by atoms with Gasteiger partial charge in [-0.1, -0.05) is 59.8 Å². The number of thioether (sulfide) groups is 1. The predicted molar refractivity (Wildman–Crippen MR) is 131 cm³/mol. The van der Waals surface area contributed by atoms with Gasteiger partial charge in [0, 0.05) is 39.9 Å². The summed E-state index contributed by atoms with van der Waals surface area (Å²) < 4.78 is 22.6. The summed E-state index contributed by atoms with van der Waals surface area (Å²) in [6, 6.07) is 12.5. The number of benzene rings is 2. The molecule has 0 unspecified atom stereocenters. The van der Waals surface area contributed by atoms with Crippen LogP contribution in [0.15, 0.2) is 53.6 Å². The normalized spacial score (nSPS) is 20.2. The first-order valence-electron chi connectivity index (χ1n) is 10.4. The lowest BCUT2D eigenvalue weighted by Gasteiger charge is -2.18. The molecule has 0 aliphatic carbocycles. The molecule has 1 aromatic heterocycles. The monoisotopic (exact) mass is 486 g/mol. The van der Waals surface area contributed by atoms with Crippen molar-refractivity contribution in [3.63, 3.8) is 0 Å². The van der Waals surface area contributed by atoms with E-state index in [-0.39, 0.29) is 17.8 Å². The standard InChI is InChI=1S/C24H20ClFN2O2S2/c25-19-7-3-8-20(26)18(19)14-27-12-15(17-6-1-2-9-21(17)27)11-22-23(29)28(24(31)32-22)13-16-5-4-10-30-16/h1-3,6-9,11-12,16H,4-5,10,13-14H2/b22-11-/t16-/m0/s1. The first-order valence-corrected chi connectivity index (χ1v) is 12.0. The quantitative estimate of drug-likeness (QED) is 0.334. The molecule has 8 heteroatoms. The minimum atomic E-state index is -0.341. The molecule has 0 spiro atoms. The molecule has 5 rings (SSSR count). The fraction of sp³-hybridized carbons (Fsp3) is 0.250. The van der Waals surface area contributed by atoms with Crippen LogP contribution in [0.2, 0.25) is 5.02 Å². The molecular weight excluding hydrogens is 467 g/mol. The highest BCUT2D eigenvalue weighted by Crippen LogP contribution is 2.35. The summed E-state index contributed by atoms with van der Waals surface area (Å²) in [4.78, 5) is 15.3. The second kappa shape index (κ2) is 8.98. The van der Waals surface area contributed by atoms with Gasteiger partial charge in [0.1, 0.15) is 10.1 Å². The average Bonchev–Trinajstić information content (AvgIpc) is 3.48. The van der Waals surface area contributed by atoms with Gasteiger partial charge in [-0.15, -0.1) is 0 Å². The Bertz CT molecular complexity index is 1230. The van der Waals surface area contributed by atoms with Crippen molar-refractivity contribution in [2.45, 2.75) is 25.5 Å². The van der Waals surface area contributed by atoms with Gasteiger partial charge in [-0.25, -0.2) is 4.39 Å². The fourth-order valence-corrected chi connectivity index (χ4v) is 5.65. The number of hydrogen-bond acceptors (Lipinski definition) is 4. The predicted octanol–water partition coefficient (Wildman–Crippen LogP) is 5.86. The Morgan fingerprint density at radius 1 is 1.25 bits per heavy atom. The highest BCUT2D eigenvalue weighted by atomic mass is 35.5. The van der Waals surface area contributed by atoms with E-state index < -0.39 is 0 Å². The number of para-hydroxylation sites is 1. The molecule has 0 bridgehead atoms. The Balaban J connectivity index is 1.48. The van der Waals surface area contributed by atoms with Crippen molar-refractivity contribution in [3.8, 4) is 0 Å². The number of amides is 1. The summed E-state index contributed by atoms with van der Waals surface area (Å²) in [7, 11) is 0. The van der Waals surface area contributed by atoms with Crippen LogP contribution < -0.4 is 0 Å². The van der Waals surface area contributed by atoms with Crippen LogP contribution in [-0.4, -0.2) is 39.0 Å². The van der Waals surface area contributed by atoms with Gasteiger partial charge in [0.15, 0.2) is 0 Å². The van der Waals surface area contributed by atoms with E-state index in [2.05, 4.69) is 0 Å². The van der Waals surface area contributed by atoms with Gasteiger partial charge < -0.3 is 9.30 Å². The molecule has 164 valence electrons. The Morgan fingerprint density at radius 3 is 2.88 bits per heavy atom. The molecule has 3 aromatic rings. The maximum Gasteiger partial charge on any atom is 0.266 e. The van der Waals surface area contributed by atoms with Gasteiger partial charge in [0.05, 0.1) is 24.1 Å². The van der Waals surface area contributed by atoms with Crippen molar-refractivity contribution in [1.29, 1.82) is 0 Å². The Hall–Kier alpha value is -2.19. The minimum absolute atomic E-state index is 0.0456. The number of aromatic nitrogens is 1. The molecule has 2 aliphatic heterocycles. The molecule has 0 radical (unpaired) electrons. The number of fused-ring (bicyclic) bond motifs is 1. The lowest BCUT2D eigenvalue weighted by molar-refractivity contribution is -0.123. The Labute approximate surface area is 200 Å². The van der Waals surface area contributed by atoms with E-state index in [0.29, 0.717) is 32.9 Å². The number of nitrogens with zero attached hydrogens (tertiary/aromatic N) is 2. The van der Waals surface area contributed by atoms with E-state index in [9.17, 15) is 9.18 Å². The van der Waals surface area contributed by atoms with Crippen molar-refractivity contribution in [1.82, 2.24) is 9.47 Å². The van der Waals surface area contributed by atoms with Gasteiger partial charge in [-0.05, 0) is 37.1 Å². The molecule has 2 fully saturated rings. The van der Waals surface area contributed by atoms with Crippen LogP contribution in [0, 0.1) is 5.82 Å². The average molecular weight is 487 g/mol. The third kappa shape index (κ3) is 4.10. The minimum Gasteiger partial charge on any atom is -0.376 e. The number of thiocarbonyl (C=S) groups is 1. The topological polar surface area (TPSA) is 34.5 Å². The highest BCUT2D eigenvalue weighted by Gasteiger charge is 2.34. The van der Waals surface area contributed by atoms with Crippen LogP contribution in [0.25, 0.3) is 17.0 Å². The van der Waals surface area contributed by atoms with E-state index in [1.165, 1.54) is 17.8 Å². The molecule has 4 nitrogen and oxygen atoms in total. The third-order valence-corrected chi connectivity index (χ3v) is 7.51. The molecule has 32 heavy (non-hydrogen) atoms. The van der Waals surface area contributed by atoms with Crippen molar-refractivity contribution in [2.24, 2.45) is 0 Å². The number of halogens is 2. The SMILES string of the molecule is O=C1/C(=C/c2cn(Cc3c(F)cccc3Cl)c3ccccc23)SC(=S)N1C[C@@H]1CCCO1. The molecule has 2 aromatic carbocycles. The van der Waals surface area contributed by atoms with E-state index in [0.717, 1.165) is 35.9 Å². The molecule has 2 aliphatic rings. The van der Waals surface area contributed by atoms with Crippen LogP contribution >= 0.6 is 35.6 Å². The zero-order valence-corrected chi connectivity index (χ0v) is 19.5. The smallest absolute Gasteiger partial charge is 0.266 e. The van der Waals surface area contributed by atoms with Crippen LogP contribution in [0.1, 0.15) is 24.0 Å². The molecule has 0 saturated carbocycles. The second-order valence-electron chi connectivity index (χ2n) is 7.86. The number of carbonyl (C=O) groups is 1. The summed E-state index contributed by atoms with van der Waals surface area (Å²) in [5.41, 5.74) is 2.25. The summed E-state index contributed by atoms with van der Waals surface area (Å²) in [5.74, 6) is -0.434. The number of carbonyl (C=O) groups excluding carboxylic acids is 1.